The predicted octanol–water partition coefficient (Wildman–Crippen LogP) is 6.41. The molecule has 0 fully saturated rings. The normalized spacial score (nSPS) is 12.0. The highest BCUT2D eigenvalue weighted by molar-refractivity contribution is 5.79. The molecule has 0 aliphatic heterocycles. The fraction of sp³-hybridized carbons (Fsp3) is 0.257. The second kappa shape index (κ2) is 14.0. The molecule has 5 rings (SSSR count). The fourth-order valence-corrected chi connectivity index (χ4v) is 5.08. The Bertz CT molecular complexity index is 1680. The lowest BCUT2D eigenvalue weighted by atomic mass is 10.1. The van der Waals surface area contributed by atoms with Gasteiger partial charge in [0.05, 0.1) is 0 Å². The summed E-state index contributed by atoms with van der Waals surface area (Å²) in [6, 6.07) is 27.1. The number of ether oxygens (including phenoxy) is 2. The SMILES string of the molecule is Cc1cccc(COc2ccccc2CN(CC[C@H](N)C(=O)O)Cc2c(OCc3cccc(C)c3)ccc3ocnc23)c1. The molecule has 1 atom stereocenters. The van der Waals surface area contributed by atoms with Gasteiger partial charge in [-0.05, 0) is 49.6 Å². The molecular formula is C35H37N3O5. The minimum Gasteiger partial charge on any atom is -0.489 e. The van der Waals surface area contributed by atoms with Crippen LogP contribution in [0.3, 0.4) is 0 Å². The summed E-state index contributed by atoms with van der Waals surface area (Å²) < 4.78 is 18.2. The number of fused-ring (bicyclic) bond motifs is 1. The highest BCUT2D eigenvalue weighted by atomic mass is 16.5. The Morgan fingerprint density at radius 2 is 1.56 bits per heavy atom. The van der Waals surface area contributed by atoms with Crippen LogP contribution in [0.4, 0.5) is 0 Å². The number of carboxylic acids is 1. The van der Waals surface area contributed by atoms with Crippen molar-refractivity contribution in [3.8, 4) is 11.5 Å². The van der Waals surface area contributed by atoms with Gasteiger partial charge < -0.3 is 24.7 Å². The number of hydrogen-bond acceptors (Lipinski definition) is 7. The molecule has 0 spiro atoms. The molecule has 222 valence electrons. The summed E-state index contributed by atoms with van der Waals surface area (Å²) in [7, 11) is 0. The molecule has 3 N–H and O–H groups in total. The van der Waals surface area contributed by atoms with Gasteiger partial charge in [-0.2, -0.15) is 0 Å². The number of nitrogens with zero attached hydrogens (tertiary/aromatic N) is 2. The maximum atomic E-state index is 11.6. The first-order valence-corrected chi connectivity index (χ1v) is 14.4. The second-order valence-corrected chi connectivity index (χ2v) is 10.8. The van der Waals surface area contributed by atoms with Crippen molar-refractivity contribution in [1.29, 1.82) is 0 Å². The summed E-state index contributed by atoms with van der Waals surface area (Å²) in [6.45, 7) is 6.33. The lowest BCUT2D eigenvalue weighted by molar-refractivity contribution is -0.138. The summed E-state index contributed by atoms with van der Waals surface area (Å²) in [5.74, 6) is 0.439. The third-order valence-electron chi connectivity index (χ3n) is 7.34. The molecule has 0 bridgehead atoms. The maximum absolute atomic E-state index is 11.6. The number of carbonyl (C=O) groups is 1. The molecule has 8 heteroatoms. The summed E-state index contributed by atoms with van der Waals surface area (Å²) in [5.41, 5.74) is 13.6. The third-order valence-corrected chi connectivity index (χ3v) is 7.34. The predicted molar refractivity (Wildman–Crippen MR) is 166 cm³/mol. The van der Waals surface area contributed by atoms with Crippen molar-refractivity contribution in [1.82, 2.24) is 9.88 Å². The standard InChI is InChI=1S/C35H37N3O5/c1-24-7-5-9-26(17-24)21-41-31-12-4-3-11-28(31)19-38(16-15-30(36)35(39)40)20-29-32(13-14-33-34(29)37-23-43-33)42-22-27-10-6-8-25(2)18-27/h3-14,17-18,23,30H,15-16,19-22,36H2,1-2H3,(H,39,40)/t30-/m0/s1. The summed E-state index contributed by atoms with van der Waals surface area (Å²) in [6.07, 6.45) is 1.70. The Labute approximate surface area is 251 Å². The Hall–Kier alpha value is -4.66. The minimum atomic E-state index is -1.03. The molecule has 0 saturated carbocycles. The average molecular weight is 580 g/mol. The van der Waals surface area contributed by atoms with E-state index in [4.69, 9.17) is 19.6 Å². The van der Waals surface area contributed by atoms with E-state index < -0.39 is 12.0 Å². The maximum Gasteiger partial charge on any atom is 0.320 e. The molecule has 1 heterocycles. The van der Waals surface area contributed by atoms with Crippen LogP contribution in [0.25, 0.3) is 11.1 Å². The Morgan fingerprint density at radius 3 is 2.23 bits per heavy atom. The number of aliphatic carboxylic acids is 1. The van der Waals surface area contributed by atoms with Crippen LogP contribution >= 0.6 is 0 Å². The zero-order valence-corrected chi connectivity index (χ0v) is 24.5. The Balaban J connectivity index is 1.41. The number of nitrogens with two attached hydrogens (primary N) is 1. The van der Waals surface area contributed by atoms with Crippen molar-refractivity contribution < 1.29 is 23.8 Å². The zero-order chi connectivity index (χ0) is 30.2. The van der Waals surface area contributed by atoms with E-state index >= 15 is 0 Å². The Kier molecular flexibility index (Phi) is 9.71. The third kappa shape index (κ3) is 8.00. The molecule has 0 amide bonds. The topological polar surface area (TPSA) is 111 Å². The number of aromatic nitrogens is 1. The number of hydrogen-bond donors (Lipinski definition) is 2. The number of rotatable bonds is 14. The van der Waals surface area contributed by atoms with E-state index in [1.807, 2.05) is 60.7 Å². The first-order chi connectivity index (χ1) is 20.9. The van der Waals surface area contributed by atoms with Crippen molar-refractivity contribution in [2.24, 2.45) is 5.73 Å². The van der Waals surface area contributed by atoms with Crippen LogP contribution in [0.5, 0.6) is 11.5 Å². The van der Waals surface area contributed by atoms with E-state index in [9.17, 15) is 9.90 Å². The number of benzene rings is 4. The van der Waals surface area contributed by atoms with E-state index in [2.05, 4.69) is 48.0 Å². The lowest BCUT2D eigenvalue weighted by Gasteiger charge is -2.25. The largest absolute Gasteiger partial charge is 0.489 e. The summed E-state index contributed by atoms with van der Waals surface area (Å²) >= 11 is 0. The smallest absolute Gasteiger partial charge is 0.320 e. The monoisotopic (exact) mass is 579 g/mol. The van der Waals surface area contributed by atoms with Crippen LogP contribution in [0.15, 0.2) is 95.7 Å². The van der Waals surface area contributed by atoms with Crippen molar-refractivity contribution in [3.05, 3.63) is 125 Å². The van der Waals surface area contributed by atoms with Gasteiger partial charge in [0.2, 0.25) is 0 Å². The second-order valence-electron chi connectivity index (χ2n) is 10.8. The number of oxazole rings is 1. The number of carboxylic acid groups (broad SMARTS) is 1. The van der Waals surface area contributed by atoms with Gasteiger partial charge in [-0.15, -0.1) is 0 Å². The van der Waals surface area contributed by atoms with Crippen molar-refractivity contribution in [2.75, 3.05) is 6.54 Å². The van der Waals surface area contributed by atoms with Crippen LogP contribution in [0.2, 0.25) is 0 Å². The zero-order valence-electron chi connectivity index (χ0n) is 24.5. The van der Waals surface area contributed by atoms with Crippen LogP contribution in [0, 0.1) is 13.8 Å². The van der Waals surface area contributed by atoms with Crippen LogP contribution in [-0.4, -0.2) is 33.5 Å². The number of para-hydroxylation sites is 1. The molecule has 0 saturated heterocycles. The van der Waals surface area contributed by atoms with Gasteiger partial charge >= 0.3 is 5.97 Å². The highest BCUT2D eigenvalue weighted by Gasteiger charge is 2.20. The lowest BCUT2D eigenvalue weighted by Crippen LogP contribution is -2.35. The number of aryl methyl sites for hydroxylation is 2. The van der Waals surface area contributed by atoms with E-state index in [-0.39, 0.29) is 6.42 Å². The average Bonchev–Trinajstić information content (AvgIpc) is 3.48. The summed E-state index contributed by atoms with van der Waals surface area (Å²) in [5, 5.41) is 9.47. The van der Waals surface area contributed by atoms with Crippen molar-refractivity contribution >= 4 is 17.1 Å². The molecule has 5 aromatic rings. The van der Waals surface area contributed by atoms with Crippen molar-refractivity contribution in [3.63, 3.8) is 0 Å². The van der Waals surface area contributed by atoms with Gasteiger partial charge in [0.1, 0.15) is 36.3 Å². The first kappa shape index (κ1) is 29.8. The highest BCUT2D eigenvalue weighted by Crippen LogP contribution is 2.31. The quantitative estimate of drug-likeness (QED) is 0.155. The van der Waals surface area contributed by atoms with Gasteiger partial charge in [-0.25, -0.2) is 4.98 Å². The first-order valence-electron chi connectivity index (χ1n) is 14.4. The molecule has 43 heavy (non-hydrogen) atoms. The van der Waals surface area contributed by atoms with Gasteiger partial charge in [0.15, 0.2) is 12.0 Å². The molecule has 0 aliphatic rings. The van der Waals surface area contributed by atoms with Crippen molar-refractivity contribution in [2.45, 2.75) is 52.6 Å². The van der Waals surface area contributed by atoms with E-state index in [1.165, 1.54) is 12.0 Å². The molecule has 4 aromatic carbocycles. The molecule has 1 aromatic heterocycles. The van der Waals surface area contributed by atoms with Gasteiger partial charge in [-0.3, -0.25) is 9.69 Å². The summed E-state index contributed by atoms with van der Waals surface area (Å²) in [4.78, 5) is 18.2. The van der Waals surface area contributed by atoms with Crippen LogP contribution in [0.1, 0.15) is 39.8 Å². The van der Waals surface area contributed by atoms with Gasteiger partial charge in [-0.1, -0.05) is 77.9 Å². The van der Waals surface area contributed by atoms with E-state index in [0.717, 1.165) is 33.6 Å². The molecule has 8 nitrogen and oxygen atoms in total. The van der Waals surface area contributed by atoms with E-state index in [0.29, 0.717) is 49.7 Å². The van der Waals surface area contributed by atoms with Gasteiger partial charge in [0, 0.05) is 30.8 Å². The van der Waals surface area contributed by atoms with Gasteiger partial charge in [0.25, 0.3) is 0 Å². The fourth-order valence-electron chi connectivity index (χ4n) is 5.08. The molecule has 0 radical (unpaired) electrons. The van der Waals surface area contributed by atoms with E-state index in [1.54, 1.807) is 0 Å². The Morgan fingerprint density at radius 1 is 0.884 bits per heavy atom. The van der Waals surface area contributed by atoms with Crippen LogP contribution in [-0.2, 0) is 31.1 Å². The molecule has 0 aliphatic carbocycles. The van der Waals surface area contributed by atoms with Crippen LogP contribution < -0.4 is 15.2 Å². The molecular weight excluding hydrogens is 542 g/mol. The minimum absolute atomic E-state index is 0.274. The molecule has 0 unspecified atom stereocenters.